The van der Waals surface area contributed by atoms with Crippen molar-refractivity contribution in [3.63, 3.8) is 0 Å². The number of alkyl halides is 3. The molecule has 3 rings (SSSR count). The third-order valence-electron chi connectivity index (χ3n) is 4.83. The second-order valence-corrected chi connectivity index (χ2v) is 9.01. The number of rotatable bonds is 9. The minimum Gasteiger partial charge on any atom is -0.494 e. The summed E-state index contributed by atoms with van der Waals surface area (Å²) in [4.78, 5) is 12.9. The molecule has 0 aliphatic carbocycles. The zero-order valence-electron chi connectivity index (χ0n) is 18.2. The third-order valence-corrected chi connectivity index (χ3v) is 6.32. The molecule has 1 unspecified atom stereocenters. The molecule has 180 valence electrons. The number of amides is 1. The molecule has 0 aliphatic heterocycles. The van der Waals surface area contributed by atoms with Crippen molar-refractivity contribution < 1.29 is 31.1 Å². The summed E-state index contributed by atoms with van der Waals surface area (Å²) in [6.45, 7) is 2.19. The largest absolute Gasteiger partial charge is 0.494 e. The first-order valence-electron chi connectivity index (χ1n) is 10.4. The Balaban J connectivity index is 1.89. The van der Waals surface area contributed by atoms with Crippen molar-refractivity contribution >= 4 is 21.6 Å². The van der Waals surface area contributed by atoms with Crippen molar-refractivity contribution in [1.82, 2.24) is 4.72 Å². The van der Waals surface area contributed by atoms with Gasteiger partial charge in [-0.25, -0.2) is 8.42 Å². The molecule has 0 heterocycles. The highest BCUT2D eigenvalue weighted by atomic mass is 32.2. The molecule has 3 aromatic rings. The van der Waals surface area contributed by atoms with Crippen LogP contribution in [0.5, 0.6) is 5.75 Å². The van der Waals surface area contributed by atoms with E-state index in [1.54, 1.807) is 37.3 Å². The van der Waals surface area contributed by atoms with Crippen LogP contribution in [0.2, 0.25) is 0 Å². The molecule has 0 saturated carbocycles. The molecular formula is C24H23F3N2O4S. The Bertz CT molecular complexity index is 1210. The van der Waals surface area contributed by atoms with Crippen LogP contribution in [0.25, 0.3) is 0 Å². The van der Waals surface area contributed by atoms with Gasteiger partial charge in [-0.2, -0.15) is 17.9 Å². The lowest BCUT2D eigenvalue weighted by molar-refractivity contribution is -0.137. The van der Waals surface area contributed by atoms with Crippen LogP contribution < -0.4 is 14.8 Å². The smallest absolute Gasteiger partial charge is 0.418 e. The summed E-state index contributed by atoms with van der Waals surface area (Å²) < 4.78 is 73.6. The highest BCUT2D eigenvalue weighted by Crippen LogP contribution is 2.34. The van der Waals surface area contributed by atoms with Crippen molar-refractivity contribution in [2.75, 3.05) is 11.9 Å². The number of ether oxygens (including phenoxy) is 1. The van der Waals surface area contributed by atoms with Crippen LogP contribution in [-0.4, -0.2) is 27.0 Å². The molecule has 0 bridgehead atoms. The quantitative estimate of drug-likeness (QED) is 0.456. The van der Waals surface area contributed by atoms with Gasteiger partial charge in [0, 0.05) is 0 Å². The van der Waals surface area contributed by atoms with E-state index < -0.39 is 39.4 Å². The molecule has 0 radical (unpaired) electrons. The van der Waals surface area contributed by atoms with Gasteiger partial charge in [-0.3, -0.25) is 4.79 Å². The minimum absolute atomic E-state index is 0.0723. The number of carbonyl (C=O) groups excluding carboxylic acids is 1. The fourth-order valence-corrected chi connectivity index (χ4v) is 4.43. The number of benzene rings is 3. The number of hydrogen-bond donors (Lipinski definition) is 2. The van der Waals surface area contributed by atoms with Crippen LogP contribution >= 0.6 is 0 Å². The van der Waals surface area contributed by atoms with Gasteiger partial charge in [0.1, 0.15) is 11.8 Å². The highest BCUT2D eigenvalue weighted by molar-refractivity contribution is 7.89. The molecule has 2 N–H and O–H groups in total. The lowest BCUT2D eigenvalue weighted by Crippen LogP contribution is -2.45. The number of carbonyl (C=O) groups is 1. The van der Waals surface area contributed by atoms with Crippen LogP contribution in [-0.2, 0) is 27.4 Å². The van der Waals surface area contributed by atoms with E-state index in [9.17, 15) is 26.4 Å². The first-order valence-corrected chi connectivity index (χ1v) is 11.8. The van der Waals surface area contributed by atoms with Gasteiger partial charge in [-0.05, 0) is 55.3 Å². The maximum absolute atomic E-state index is 13.4. The molecule has 0 saturated heterocycles. The third kappa shape index (κ3) is 6.58. The van der Waals surface area contributed by atoms with Crippen molar-refractivity contribution in [2.24, 2.45) is 0 Å². The average Bonchev–Trinajstić information content (AvgIpc) is 2.79. The number of sulfonamides is 1. The van der Waals surface area contributed by atoms with Gasteiger partial charge in [0.05, 0.1) is 22.8 Å². The predicted octanol–water partition coefficient (Wildman–Crippen LogP) is 4.63. The highest BCUT2D eigenvalue weighted by Gasteiger charge is 2.34. The summed E-state index contributed by atoms with van der Waals surface area (Å²) in [7, 11) is -4.18. The maximum Gasteiger partial charge on any atom is 0.418 e. The van der Waals surface area contributed by atoms with Crippen molar-refractivity contribution in [3.05, 3.63) is 90.0 Å². The Morgan fingerprint density at radius 3 is 2.18 bits per heavy atom. The molecule has 0 fully saturated rings. The summed E-state index contributed by atoms with van der Waals surface area (Å²) in [5.74, 6) is -0.446. The molecule has 6 nitrogen and oxygen atoms in total. The normalized spacial score (nSPS) is 12.7. The molecular weight excluding hydrogens is 469 g/mol. The molecule has 0 aliphatic rings. The molecule has 1 amide bonds. The molecule has 0 aromatic heterocycles. The van der Waals surface area contributed by atoms with Crippen LogP contribution in [0.15, 0.2) is 83.8 Å². The summed E-state index contributed by atoms with van der Waals surface area (Å²) >= 11 is 0. The maximum atomic E-state index is 13.4. The van der Waals surface area contributed by atoms with Crippen LogP contribution in [0.1, 0.15) is 18.1 Å². The van der Waals surface area contributed by atoms with Gasteiger partial charge < -0.3 is 10.1 Å². The number of anilines is 1. The Labute approximate surface area is 195 Å². The summed E-state index contributed by atoms with van der Waals surface area (Å²) in [6, 6.07) is 17.3. The van der Waals surface area contributed by atoms with E-state index in [0.717, 1.165) is 12.1 Å². The van der Waals surface area contributed by atoms with Gasteiger partial charge in [0.15, 0.2) is 0 Å². The van der Waals surface area contributed by atoms with E-state index >= 15 is 0 Å². The predicted molar refractivity (Wildman–Crippen MR) is 122 cm³/mol. The molecule has 0 spiro atoms. The van der Waals surface area contributed by atoms with Gasteiger partial charge in [-0.1, -0.05) is 42.5 Å². The van der Waals surface area contributed by atoms with E-state index in [-0.39, 0.29) is 11.3 Å². The van der Waals surface area contributed by atoms with Gasteiger partial charge in [-0.15, -0.1) is 0 Å². The Kier molecular flexibility index (Phi) is 7.95. The zero-order chi connectivity index (χ0) is 24.8. The lowest BCUT2D eigenvalue weighted by atomic mass is 10.1. The van der Waals surface area contributed by atoms with Crippen LogP contribution in [0.3, 0.4) is 0 Å². The van der Waals surface area contributed by atoms with Gasteiger partial charge in [0.2, 0.25) is 15.9 Å². The summed E-state index contributed by atoms with van der Waals surface area (Å²) in [5.41, 5.74) is -0.865. The van der Waals surface area contributed by atoms with E-state index in [1.807, 2.05) is 0 Å². The fraction of sp³-hybridized carbons (Fsp3) is 0.208. The van der Waals surface area contributed by atoms with Crippen LogP contribution in [0, 0.1) is 0 Å². The van der Waals surface area contributed by atoms with E-state index in [0.29, 0.717) is 17.9 Å². The number of para-hydroxylation sites is 1. The number of hydrogen-bond acceptors (Lipinski definition) is 4. The number of halogens is 3. The first kappa shape index (κ1) is 25.3. The zero-order valence-corrected chi connectivity index (χ0v) is 19.0. The van der Waals surface area contributed by atoms with E-state index in [4.69, 9.17) is 4.74 Å². The molecule has 10 heteroatoms. The Morgan fingerprint density at radius 1 is 0.941 bits per heavy atom. The SMILES string of the molecule is CCOc1ccc(S(=O)(=O)NC(Cc2ccccc2)C(=O)Nc2ccccc2C(F)(F)F)cc1. The van der Waals surface area contributed by atoms with Gasteiger partial charge in [0.25, 0.3) is 0 Å². The minimum atomic E-state index is -4.69. The van der Waals surface area contributed by atoms with E-state index in [2.05, 4.69) is 10.0 Å². The van der Waals surface area contributed by atoms with E-state index in [1.165, 1.54) is 36.4 Å². The lowest BCUT2D eigenvalue weighted by Gasteiger charge is -2.20. The van der Waals surface area contributed by atoms with Crippen molar-refractivity contribution in [3.8, 4) is 5.75 Å². The second kappa shape index (κ2) is 10.7. The van der Waals surface area contributed by atoms with Crippen LogP contribution in [0.4, 0.5) is 18.9 Å². The number of nitrogens with one attached hydrogen (secondary N) is 2. The summed E-state index contributed by atoms with van der Waals surface area (Å²) in [6.07, 6.45) is -4.77. The second-order valence-electron chi connectivity index (χ2n) is 7.30. The molecule has 34 heavy (non-hydrogen) atoms. The Morgan fingerprint density at radius 2 is 1.56 bits per heavy atom. The average molecular weight is 493 g/mol. The fourth-order valence-electron chi connectivity index (χ4n) is 3.23. The van der Waals surface area contributed by atoms with Gasteiger partial charge >= 0.3 is 6.18 Å². The Hall–Kier alpha value is -3.37. The molecule has 3 aromatic carbocycles. The van der Waals surface area contributed by atoms with Crippen molar-refractivity contribution in [2.45, 2.75) is 30.5 Å². The standard InChI is InChI=1S/C24H23F3N2O4S/c1-2-33-18-12-14-19(15-13-18)34(31,32)29-22(16-17-8-4-3-5-9-17)23(30)28-21-11-7-6-10-20(21)24(25,26)27/h3-15,22,29H,2,16H2,1H3,(H,28,30). The summed E-state index contributed by atoms with van der Waals surface area (Å²) in [5, 5.41) is 2.23. The topological polar surface area (TPSA) is 84.5 Å². The first-order chi connectivity index (χ1) is 16.1. The molecule has 1 atom stereocenters. The van der Waals surface area contributed by atoms with Crippen molar-refractivity contribution in [1.29, 1.82) is 0 Å². The monoisotopic (exact) mass is 492 g/mol.